The van der Waals surface area contributed by atoms with Crippen LogP contribution in [-0.2, 0) is 10.0 Å². The van der Waals surface area contributed by atoms with Gasteiger partial charge in [-0.15, -0.1) is 0 Å². The van der Waals surface area contributed by atoms with E-state index in [-0.39, 0.29) is 16.5 Å². The van der Waals surface area contributed by atoms with Gasteiger partial charge in [0.1, 0.15) is 4.90 Å². The van der Waals surface area contributed by atoms with E-state index in [4.69, 9.17) is 0 Å². The Kier molecular flexibility index (Phi) is 2.72. The Morgan fingerprint density at radius 2 is 2.18 bits per heavy atom. The first-order valence-corrected chi connectivity index (χ1v) is 6.15. The molecule has 0 aromatic carbocycles. The molecule has 0 spiro atoms. The molecule has 17 heavy (non-hydrogen) atoms. The van der Waals surface area contributed by atoms with Crippen molar-refractivity contribution < 1.29 is 13.5 Å². The molecule has 0 saturated carbocycles. The van der Waals surface area contributed by atoms with E-state index < -0.39 is 10.0 Å². The lowest BCUT2D eigenvalue weighted by molar-refractivity contribution is 0.475. The van der Waals surface area contributed by atoms with Crippen molar-refractivity contribution in [2.45, 2.75) is 11.8 Å². The third kappa shape index (κ3) is 2.36. The van der Waals surface area contributed by atoms with Gasteiger partial charge in [-0.2, -0.15) is 5.10 Å². The third-order valence-corrected chi connectivity index (χ3v) is 3.33. The van der Waals surface area contributed by atoms with E-state index in [0.29, 0.717) is 5.69 Å². The molecule has 90 valence electrons. The van der Waals surface area contributed by atoms with Gasteiger partial charge in [0.25, 0.3) is 10.0 Å². The summed E-state index contributed by atoms with van der Waals surface area (Å²) in [7, 11) is -3.78. The van der Waals surface area contributed by atoms with Crippen molar-refractivity contribution in [1.29, 1.82) is 0 Å². The molecule has 8 heteroatoms. The lowest BCUT2D eigenvalue weighted by Crippen LogP contribution is -2.13. The van der Waals surface area contributed by atoms with Crippen molar-refractivity contribution in [3.63, 3.8) is 0 Å². The number of nitrogens with zero attached hydrogens (tertiary/aromatic N) is 2. The van der Waals surface area contributed by atoms with E-state index in [1.807, 2.05) is 0 Å². The third-order valence-electron chi connectivity index (χ3n) is 2.03. The van der Waals surface area contributed by atoms with Gasteiger partial charge in [-0.1, -0.05) is 0 Å². The highest BCUT2D eigenvalue weighted by Gasteiger charge is 2.17. The molecule has 0 atom stereocenters. The Bertz CT molecular complexity index is 622. The topological polar surface area (TPSA) is 108 Å². The molecule has 2 heterocycles. The zero-order valence-electron chi connectivity index (χ0n) is 8.88. The second-order valence-corrected chi connectivity index (χ2v) is 5.04. The van der Waals surface area contributed by atoms with Gasteiger partial charge < -0.3 is 5.11 Å². The van der Waals surface area contributed by atoms with Crippen molar-refractivity contribution in [2.24, 2.45) is 0 Å². The van der Waals surface area contributed by atoms with E-state index in [1.165, 1.54) is 12.3 Å². The lowest BCUT2D eigenvalue weighted by atomic mass is 10.3. The van der Waals surface area contributed by atoms with Gasteiger partial charge in [-0.05, 0) is 19.1 Å². The van der Waals surface area contributed by atoms with Gasteiger partial charge in [-0.3, -0.25) is 9.82 Å². The average Bonchev–Trinajstić information content (AvgIpc) is 2.77. The fraction of sp³-hybridized carbons (Fsp3) is 0.111. The number of rotatable bonds is 3. The van der Waals surface area contributed by atoms with Gasteiger partial charge in [0.15, 0.2) is 11.6 Å². The standard InChI is InChI=1S/C9H10N4O3S/c1-6-2-3-8(14)9(12-6)13-17(15,16)7-4-10-11-5-7/h2-5,14H,1H3,(H,10,11)(H,12,13). The molecule has 0 bridgehead atoms. The fourth-order valence-corrected chi connectivity index (χ4v) is 2.12. The molecule has 0 amide bonds. The van der Waals surface area contributed by atoms with Crippen LogP contribution in [0.2, 0.25) is 0 Å². The molecule has 2 aromatic heterocycles. The second kappa shape index (κ2) is 4.06. The summed E-state index contributed by atoms with van der Waals surface area (Å²) in [6, 6.07) is 2.94. The summed E-state index contributed by atoms with van der Waals surface area (Å²) in [5.74, 6) is -0.339. The first-order chi connectivity index (χ1) is 7.99. The Labute approximate surface area is 97.6 Å². The summed E-state index contributed by atoms with van der Waals surface area (Å²) in [6.07, 6.45) is 2.39. The van der Waals surface area contributed by atoms with E-state index >= 15 is 0 Å². The molecule has 0 radical (unpaired) electrons. The predicted octanol–water partition coefficient (Wildman–Crippen LogP) is 0.620. The summed E-state index contributed by atoms with van der Waals surface area (Å²) in [5.41, 5.74) is 0.590. The molecule has 0 aliphatic rings. The number of anilines is 1. The summed E-state index contributed by atoms with van der Waals surface area (Å²) < 4.78 is 25.8. The maximum absolute atomic E-state index is 11.8. The number of H-pyrrole nitrogens is 1. The van der Waals surface area contributed by atoms with Crippen LogP contribution >= 0.6 is 0 Å². The number of aromatic hydroxyl groups is 1. The van der Waals surface area contributed by atoms with E-state index in [2.05, 4.69) is 19.9 Å². The smallest absolute Gasteiger partial charge is 0.266 e. The molecule has 7 nitrogen and oxygen atoms in total. The fourth-order valence-electron chi connectivity index (χ4n) is 1.20. The average molecular weight is 254 g/mol. The zero-order valence-corrected chi connectivity index (χ0v) is 9.69. The van der Waals surface area contributed by atoms with Crippen molar-refractivity contribution in [3.05, 3.63) is 30.2 Å². The molecule has 0 aliphatic carbocycles. The first-order valence-electron chi connectivity index (χ1n) is 4.67. The summed E-state index contributed by atoms with van der Waals surface area (Å²) in [5, 5.41) is 15.4. The van der Waals surface area contributed by atoms with Crippen molar-refractivity contribution in [3.8, 4) is 5.75 Å². The minimum Gasteiger partial charge on any atom is -0.504 e. The number of aromatic nitrogens is 3. The maximum Gasteiger partial charge on any atom is 0.266 e. The van der Waals surface area contributed by atoms with Crippen LogP contribution in [0.4, 0.5) is 5.82 Å². The first kappa shape index (κ1) is 11.4. The van der Waals surface area contributed by atoms with Crippen LogP contribution in [0.1, 0.15) is 5.69 Å². The highest BCUT2D eigenvalue weighted by molar-refractivity contribution is 7.92. The second-order valence-electron chi connectivity index (χ2n) is 3.36. The molecule has 0 unspecified atom stereocenters. The quantitative estimate of drug-likeness (QED) is 0.744. The number of hydrogen-bond acceptors (Lipinski definition) is 5. The minimum atomic E-state index is -3.78. The molecule has 2 aromatic rings. The molecule has 0 fully saturated rings. The van der Waals surface area contributed by atoms with Gasteiger partial charge >= 0.3 is 0 Å². The predicted molar refractivity (Wildman–Crippen MR) is 60.0 cm³/mol. The van der Waals surface area contributed by atoms with E-state index in [1.54, 1.807) is 13.0 Å². The monoisotopic (exact) mass is 254 g/mol. The van der Waals surface area contributed by atoms with Crippen molar-refractivity contribution >= 4 is 15.8 Å². The van der Waals surface area contributed by atoms with Crippen LogP contribution in [0.25, 0.3) is 0 Å². The summed E-state index contributed by atoms with van der Waals surface area (Å²) in [4.78, 5) is 3.87. The highest BCUT2D eigenvalue weighted by atomic mass is 32.2. The minimum absolute atomic E-state index is 0.0276. The molecular weight excluding hydrogens is 244 g/mol. The number of aryl methyl sites for hydroxylation is 1. The molecule has 0 saturated heterocycles. The van der Waals surface area contributed by atoms with Crippen LogP contribution in [0.3, 0.4) is 0 Å². The van der Waals surface area contributed by atoms with Crippen LogP contribution in [0.15, 0.2) is 29.4 Å². The number of pyridine rings is 1. The number of sulfonamides is 1. The van der Waals surface area contributed by atoms with Gasteiger partial charge in [0.2, 0.25) is 0 Å². The van der Waals surface area contributed by atoms with E-state index in [0.717, 1.165) is 6.20 Å². The Morgan fingerprint density at radius 1 is 1.41 bits per heavy atom. The van der Waals surface area contributed by atoms with Crippen LogP contribution in [0, 0.1) is 6.92 Å². The highest BCUT2D eigenvalue weighted by Crippen LogP contribution is 2.23. The molecule has 2 rings (SSSR count). The number of aromatic amines is 1. The molecular formula is C9H10N4O3S. The molecule has 0 aliphatic heterocycles. The van der Waals surface area contributed by atoms with E-state index in [9.17, 15) is 13.5 Å². The Morgan fingerprint density at radius 3 is 2.82 bits per heavy atom. The number of hydrogen-bond donors (Lipinski definition) is 3. The van der Waals surface area contributed by atoms with Crippen molar-refractivity contribution in [2.75, 3.05) is 4.72 Å². The van der Waals surface area contributed by atoms with Crippen LogP contribution in [-0.4, -0.2) is 28.7 Å². The SMILES string of the molecule is Cc1ccc(O)c(NS(=O)(=O)c2cn[nH]c2)n1. The van der Waals surface area contributed by atoms with Gasteiger partial charge in [0, 0.05) is 11.9 Å². The van der Waals surface area contributed by atoms with Gasteiger partial charge in [-0.25, -0.2) is 13.4 Å². The van der Waals surface area contributed by atoms with Gasteiger partial charge in [0.05, 0.1) is 6.20 Å². The van der Waals surface area contributed by atoms with Crippen LogP contribution in [0.5, 0.6) is 5.75 Å². The Balaban J connectivity index is 2.36. The van der Waals surface area contributed by atoms with Crippen LogP contribution < -0.4 is 4.72 Å². The lowest BCUT2D eigenvalue weighted by Gasteiger charge is -2.07. The zero-order chi connectivity index (χ0) is 12.5. The largest absolute Gasteiger partial charge is 0.504 e. The van der Waals surface area contributed by atoms with Crippen molar-refractivity contribution in [1.82, 2.24) is 15.2 Å². The molecule has 3 N–H and O–H groups in total. The number of nitrogens with one attached hydrogen (secondary N) is 2. The summed E-state index contributed by atoms with van der Waals surface area (Å²) >= 11 is 0. The summed E-state index contributed by atoms with van der Waals surface area (Å²) in [6.45, 7) is 1.69. The Hall–Kier alpha value is -2.09. The maximum atomic E-state index is 11.8. The normalized spacial score (nSPS) is 11.4.